The van der Waals surface area contributed by atoms with E-state index >= 15 is 0 Å². The van der Waals surface area contributed by atoms with Crippen LogP contribution in [0.1, 0.15) is 51.0 Å². The Morgan fingerprint density at radius 3 is 2.40 bits per heavy atom. The van der Waals surface area contributed by atoms with Crippen molar-refractivity contribution in [2.75, 3.05) is 10.6 Å². The number of imidazole rings is 1. The predicted molar refractivity (Wildman–Crippen MR) is 122 cm³/mol. The molecule has 1 aromatic carbocycles. The van der Waals surface area contributed by atoms with Gasteiger partial charge in [0.05, 0.1) is 18.3 Å². The van der Waals surface area contributed by atoms with Gasteiger partial charge in [0.2, 0.25) is 17.8 Å². The summed E-state index contributed by atoms with van der Waals surface area (Å²) in [6, 6.07) is 0.829. The van der Waals surface area contributed by atoms with Crippen LogP contribution in [-0.2, 0) is 4.79 Å². The Labute approximate surface area is 199 Å². The van der Waals surface area contributed by atoms with Gasteiger partial charge in [0.1, 0.15) is 17.0 Å². The van der Waals surface area contributed by atoms with Gasteiger partial charge in [-0.05, 0) is 44.9 Å². The summed E-state index contributed by atoms with van der Waals surface area (Å²) in [7, 11) is 0. The number of nitrogens with two attached hydrogens (primary N) is 1. The first kappa shape index (κ1) is 23.3. The zero-order chi connectivity index (χ0) is 24.7. The second kappa shape index (κ2) is 9.33. The highest BCUT2D eigenvalue weighted by atomic mass is 19.1. The first-order chi connectivity index (χ1) is 16.8. The van der Waals surface area contributed by atoms with Crippen LogP contribution in [0.25, 0.3) is 11.2 Å². The summed E-state index contributed by atoms with van der Waals surface area (Å²) in [6.07, 6.45) is 5.66. The number of aliphatic hydroxyl groups is 1. The number of benzene rings is 1. The number of nitrogens with one attached hydrogen (secondary N) is 2. The number of carbonyl (C=O) groups excluding carboxylic acids is 1. The second-order valence-electron chi connectivity index (χ2n) is 9.23. The van der Waals surface area contributed by atoms with Gasteiger partial charge >= 0.3 is 0 Å². The molecule has 1 amide bonds. The highest BCUT2D eigenvalue weighted by molar-refractivity contribution is 5.78. The molecule has 5 N–H and O–H groups in total. The Morgan fingerprint density at radius 2 is 1.77 bits per heavy atom. The van der Waals surface area contributed by atoms with E-state index in [1.54, 1.807) is 4.57 Å². The average molecular weight is 490 g/mol. The fourth-order valence-corrected chi connectivity index (χ4v) is 5.06. The fourth-order valence-electron chi connectivity index (χ4n) is 5.06. The summed E-state index contributed by atoms with van der Waals surface area (Å²) in [5.41, 5.74) is 5.77. The summed E-state index contributed by atoms with van der Waals surface area (Å²) >= 11 is 0. The molecular formula is C23H26F3N7O2. The Balaban J connectivity index is 1.54. The van der Waals surface area contributed by atoms with E-state index < -0.39 is 29.2 Å². The molecule has 0 bridgehead atoms. The van der Waals surface area contributed by atoms with E-state index in [0.29, 0.717) is 61.3 Å². The molecule has 0 spiro atoms. The molecular weight excluding hydrogens is 463 g/mol. The molecule has 2 aromatic heterocycles. The molecule has 0 radical (unpaired) electrons. The van der Waals surface area contributed by atoms with Crippen molar-refractivity contribution < 1.29 is 23.1 Å². The molecule has 2 saturated carbocycles. The van der Waals surface area contributed by atoms with Crippen LogP contribution in [0.15, 0.2) is 18.3 Å². The van der Waals surface area contributed by atoms with Crippen molar-refractivity contribution in [1.29, 1.82) is 0 Å². The fraction of sp³-hybridized carbons (Fsp3) is 0.478. The second-order valence-corrected chi connectivity index (χ2v) is 9.23. The van der Waals surface area contributed by atoms with E-state index in [1.165, 1.54) is 6.20 Å². The van der Waals surface area contributed by atoms with Crippen molar-refractivity contribution in [3.63, 3.8) is 0 Å². The maximum absolute atomic E-state index is 14.4. The lowest BCUT2D eigenvalue weighted by Crippen LogP contribution is -2.29. The first-order valence-electron chi connectivity index (χ1n) is 11.7. The van der Waals surface area contributed by atoms with Gasteiger partial charge in [-0.1, -0.05) is 0 Å². The minimum absolute atomic E-state index is 0.124. The molecule has 2 fully saturated rings. The number of fused-ring (bicyclic) bond motifs is 1. The average Bonchev–Trinajstić information content (AvgIpc) is 3.38. The summed E-state index contributed by atoms with van der Waals surface area (Å²) in [4.78, 5) is 25.0. The number of carbonyl (C=O) groups is 1. The van der Waals surface area contributed by atoms with Crippen LogP contribution in [0.3, 0.4) is 0 Å². The number of primary amides is 1. The number of hydrogen-bond donors (Lipinski definition) is 4. The smallest absolute Gasteiger partial charge is 0.225 e. The normalized spacial score (nSPS) is 24.6. The highest BCUT2D eigenvalue weighted by Crippen LogP contribution is 2.37. The Hall–Kier alpha value is -3.41. The van der Waals surface area contributed by atoms with Gasteiger partial charge in [-0.3, -0.25) is 9.36 Å². The molecule has 9 nitrogen and oxygen atoms in total. The summed E-state index contributed by atoms with van der Waals surface area (Å²) in [6.45, 7) is 0. The van der Waals surface area contributed by atoms with Crippen molar-refractivity contribution in [3.8, 4) is 0 Å². The topological polar surface area (TPSA) is 131 Å². The minimum atomic E-state index is -1.10. The van der Waals surface area contributed by atoms with Crippen molar-refractivity contribution in [2.24, 2.45) is 11.7 Å². The molecule has 0 unspecified atom stereocenters. The van der Waals surface area contributed by atoms with Gasteiger partial charge in [0, 0.05) is 24.1 Å². The lowest BCUT2D eigenvalue weighted by molar-refractivity contribution is -0.122. The Kier molecular flexibility index (Phi) is 6.22. The maximum Gasteiger partial charge on any atom is 0.225 e. The standard InChI is InChI=1S/C23H26F3N7O2/c24-12-8-14(25)19(15(26)9-12)31-23-30-17-10-28-22(29-16-2-1-3-18(16)34)32-21(17)33(23)13-6-4-11(5-7-13)20(27)35/h8-11,13,16,18,34H,1-7H2,(H2,27,35)(H,30,31)(H,28,29,32)/t11-,13-,16-,18-/m1/s1. The molecule has 5 rings (SSSR count). The van der Waals surface area contributed by atoms with E-state index in [9.17, 15) is 23.1 Å². The van der Waals surface area contributed by atoms with Crippen LogP contribution < -0.4 is 16.4 Å². The van der Waals surface area contributed by atoms with Crippen LogP contribution in [-0.4, -0.2) is 42.7 Å². The molecule has 0 saturated heterocycles. The van der Waals surface area contributed by atoms with Crippen LogP contribution in [0, 0.1) is 23.4 Å². The molecule has 35 heavy (non-hydrogen) atoms. The third kappa shape index (κ3) is 4.62. The number of rotatable bonds is 6. The van der Waals surface area contributed by atoms with Crippen molar-refractivity contribution in [2.45, 2.75) is 63.1 Å². The molecule has 12 heteroatoms. The zero-order valence-corrected chi connectivity index (χ0v) is 18.8. The van der Waals surface area contributed by atoms with Gasteiger partial charge in [0.25, 0.3) is 0 Å². The lowest BCUT2D eigenvalue weighted by Gasteiger charge is -2.29. The molecule has 3 aromatic rings. The van der Waals surface area contributed by atoms with Crippen LogP contribution >= 0.6 is 0 Å². The number of amides is 1. The highest BCUT2D eigenvalue weighted by Gasteiger charge is 2.30. The lowest BCUT2D eigenvalue weighted by atomic mass is 9.85. The Morgan fingerprint density at radius 1 is 1.06 bits per heavy atom. The van der Waals surface area contributed by atoms with Gasteiger partial charge in [-0.25, -0.2) is 23.1 Å². The summed E-state index contributed by atoms with van der Waals surface area (Å²) < 4.78 is 44.0. The van der Waals surface area contributed by atoms with Crippen LogP contribution in [0.4, 0.5) is 30.8 Å². The van der Waals surface area contributed by atoms with E-state index in [0.717, 1.165) is 12.8 Å². The van der Waals surface area contributed by atoms with Crippen molar-refractivity contribution in [3.05, 3.63) is 35.8 Å². The summed E-state index contributed by atoms with van der Waals surface area (Å²) in [5.74, 6) is -3.37. The number of aromatic nitrogens is 4. The number of hydrogen-bond acceptors (Lipinski definition) is 7. The maximum atomic E-state index is 14.4. The van der Waals surface area contributed by atoms with E-state index in [-0.39, 0.29) is 29.9 Å². The number of nitrogens with zero attached hydrogens (tertiary/aromatic N) is 4. The molecule has 2 heterocycles. The SMILES string of the molecule is NC(=O)[C@H]1CC[C@H](n2c(Nc3c(F)cc(F)cc3F)nc3cnc(N[C@@H]4CCC[C@H]4O)nc32)CC1. The molecule has 0 aliphatic heterocycles. The predicted octanol–water partition coefficient (Wildman–Crippen LogP) is 3.53. The van der Waals surface area contributed by atoms with Crippen molar-refractivity contribution in [1.82, 2.24) is 19.5 Å². The van der Waals surface area contributed by atoms with E-state index in [4.69, 9.17) is 5.73 Å². The van der Waals surface area contributed by atoms with Gasteiger partial charge < -0.3 is 21.5 Å². The molecule has 2 aliphatic carbocycles. The van der Waals surface area contributed by atoms with E-state index in [2.05, 4.69) is 25.6 Å². The number of halogens is 3. The van der Waals surface area contributed by atoms with Crippen molar-refractivity contribution >= 4 is 34.7 Å². The minimum Gasteiger partial charge on any atom is -0.391 e. The molecule has 2 atom stereocenters. The first-order valence-corrected chi connectivity index (χ1v) is 11.7. The third-order valence-electron chi connectivity index (χ3n) is 6.93. The number of anilines is 3. The third-order valence-corrected chi connectivity index (χ3v) is 6.93. The van der Waals surface area contributed by atoms with Crippen LogP contribution in [0.2, 0.25) is 0 Å². The number of aliphatic hydroxyl groups excluding tert-OH is 1. The monoisotopic (exact) mass is 489 g/mol. The molecule has 2 aliphatic rings. The van der Waals surface area contributed by atoms with Gasteiger partial charge in [-0.15, -0.1) is 0 Å². The van der Waals surface area contributed by atoms with Crippen LogP contribution in [0.5, 0.6) is 0 Å². The van der Waals surface area contributed by atoms with Gasteiger partial charge in [0.15, 0.2) is 17.3 Å². The largest absolute Gasteiger partial charge is 0.391 e. The molecule has 186 valence electrons. The quantitative estimate of drug-likeness (QED) is 0.417. The summed E-state index contributed by atoms with van der Waals surface area (Å²) in [5, 5.41) is 16.0. The van der Waals surface area contributed by atoms with Gasteiger partial charge in [-0.2, -0.15) is 4.98 Å². The zero-order valence-electron chi connectivity index (χ0n) is 18.8. The van der Waals surface area contributed by atoms with E-state index in [1.807, 2.05) is 0 Å². The Bertz CT molecular complexity index is 1240.